The van der Waals surface area contributed by atoms with Crippen molar-refractivity contribution in [3.05, 3.63) is 24.4 Å². The number of hydrogen-bond donors (Lipinski definition) is 1. The lowest BCUT2D eigenvalue weighted by molar-refractivity contribution is 0.313. The maximum Gasteiger partial charge on any atom is 0.132 e. The van der Waals surface area contributed by atoms with Gasteiger partial charge in [-0.3, -0.25) is 0 Å². The maximum absolute atomic E-state index is 5.38. The summed E-state index contributed by atoms with van der Waals surface area (Å²) in [5.74, 6) is 1.49. The molecule has 0 unspecified atom stereocenters. The number of ether oxygens (including phenoxy) is 2. The number of nitrogens with one attached hydrogen (secondary N) is 1. The lowest BCUT2D eigenvalue weighted by Crippen LogP contribution is -2.43. The Kier molecular flexibility index (Phi) is 3.08. The zero-order chi connectivity index (χ0) is 13.2. The average molecular weight is 260 g/mol. The van der Waals surface area contributed by atoms with Crippen LogP contribution in [0.1, 0.15) is 6.04 Å². The Morgan fingerprint density at radius 3 is 2.74 bits per heavy atom. The van der Waals surface area contributed by atoms with Crippen LogP contribution in [0, 0.1) is 0 Å². The first-order valence-corrected chi connectivity index (χ1v) is 6.17. The van der Waals surface area contributed by atoms with Crippen LogP contribution in [0.3, 0.4) is 0 Å². The van der Waals surface area contributed by atoms with Crippen LogP contribution in [0.4, 0.5) is 0 Å². The van der Waals surface area contributed by atoms with Crippen molar-refractivity contribution in [3.8, 4) is 22.8 Å². The molecule has 1 N–H and O–H groups in total. The highest BCUT2D eigenvalue weighted by Gasteiger charge is 2.21. The van der Waals surface area contributed by atoms with Crippen molar-refractivity contribution in [1.82, 2.24) is 20.3 Å². The summed E-state index contributed by atoms with van der Waals surface area (Å²) in [6, 6.07) is 6.08. The lowest BCUT2D eigenvalue weighted by atomic mass is 10.1. The molecule has 2 aromatic rings. The molecule has 1 saturated heterocycles. The highest BCUT2D eigenvalue weighted by Crippen LogP contribution is 2.32. The van der Waals surface area contributed by atoms with Crippen molar-refractivity contribution in [1.29, 1.82) is 0 Å². The summed E-state index contributed by atoms with van der Waals surface area (Å²) in [5.41, 5.74) is 1.73. The van der Waals surface area contributed by atoms with Crippen LogP contribution in [-0.2, 0) is 0 Å². The van der Waals surface area contributed by atoms with Gasteiger partial charge in [-0.1, -0.05) is 5.21 Å². The van der Waals surface area contributed by atoms with E-state index in [1.54, 1.807) is 14.2 Å². The fourth-order valence-electron chi connectivity index (χ4n) is 2.05. The van der Waals surface area contributed by atoms with E-state index in [0.717, 1.165) is 35.8 Å². The van der Waals surface area contributed by atoms with Crippen LogP contribution in [-0.4, -0.2) is 42.3 Å². The van der Waals surface area contributed by atoms with E-state index < -0.39 is 0 Å². The van der Waals surface area contributed by atoms with Crippen molar-refractivity contribution in [2.75, 3.05) is 27.3 Å². The summed E-state index contributed by atoms with van der Waals surface area (Å²) in [4.78, 5) is 0. The molecule has 1 aliphatic rings. The smallest absolute Gasteiger partial charge is 0.132 e. The molecule has 0 saturated carbocycles. The molecule has 0 amide bonds. The zero-order valence-corrected chi connectivity index (χ0v) is 11.0. The van der Waals surface area contributed by atoms with E-state index in [1.807, 2.05) is 29.1 Å². The van der Waals surface area contributed by atoms with E-state index in [9.17, 15) is 0 Å². The quantitative estimate of drug-likeness (QED) is 0.892. The topological polar surface area (TPSA) is 61.2 Å². The molecule has 0 radical (unpaired) electrons. The number of benzene rings is 1. The Hall–Kier alpha value is -2.08. The van der Waals surface area contributed by atoms with E-state index >= 15 is 0 Å². The highest BCUT2D eigenvalue weighted by atomic mass is 16.5. The molecule has 2 heterocycles. The van der Waals surface area contributed by atoms with Crippen molar-refractivity contribution >= 4 is 0 Å². The van der Waals surface area contributed by atoms with Gasteiger partial charge in [0, 0.05) is 24.7 Å². The van der Waals surface area contributed by atoms with Gasteiger partial charge in [0.25, 0.3) is 0 Å². The Bertz CT molecular complexity index is 578. The van der Waals surface area contributed by atoms with Gasteiger partial charge < -0.3 is 14.8 Å². The molecule has 6 nitrogen and oxygen atoms in total. The first kappa shape index (κ1) is 12.0. The number of hydrogen-bond acceptors (Lipinski definition) is 5. The minimum atomic E-state index is 0.408. The third-order valence-corrected chi connectivity index (χ3v) is 3.33. The number of rotatable bonds is 4. The highest BCUT2D eigenvalue weighted by molar-refractivity contribution is 5.67. The molecule has 3 rings (SSSR count). The standard InChI is InChI=1S/C13H16N4O2/c1-18-10-3-4-11(13(5-10)19-2)12-8-17(16-15-12)9-6-14-7-9/h3-5,8-9,14H,6-7H2,1-2H3. The molecule has 0 aliphatic carbocycles. The predicted molar refractivity (Wildman–Crippen MR) is 70.5 cm³/mol. The molecule has 0 atom stereocenters. The van der Waals surface area contributed by atoms with Crippen LogP contribution in [0.15, 0.2) is 24.4 Å². The minimum absolute atomic E-state index is 0.408. The lowest BCUT2D eigenvalue weighted by Gasteiger charge is -2.26. The van der Waals surface area contributed by atoms with Crippen LogP contribution in [0.25, 0.3) is 11.3 Å². The molecule has 1 aromatic heterocycles. The fourth-order valence-corrected chi connectivity index (χ4v) is 2.05. The van der Waals surface area contributed by atoms with Gasteiger partial charge in [0.2, 0.25) is 0 Å². The Morgan fingerprint density at radius 1 is 1.26 bits per heavy atom. The molecular formula is C13H16N4O2. The van der Waals surface area contributed by atoms with E-state index in [2.05, 4.69) is 15.6 Å². The molecular weight excluding hydrogens is 244 g/mol. The minimum Gasteiger partial charge on any atom is -0.497 e. The van der Waals surface area contributed by atoms with Gasteiger partial charge in [-0.2, -0.15) is 0 Å². The maximum atomic E-state index is 5.38. The van der Waals surface area contributed by atoms with E-state index in [1.165, 1.54) is 0 Å². The van der Waals surface area contributed by atoms with Crippen LogP contribution in [0.2, 0.25) is 0 Å². The Morgan fingerprint density at radius 2 is 2.11 bits per heavy atom. The molecule has 1 aromatic carbocycles. The predicted octanol–water partition coefficient (Wildman–Crippen LogP) is 1.11. The molecule has 0 spiro atoms. The third kappa shape index (κ3) is 2.15. The van der Waals surface area contributed by atoms with Crippen molar-refractivity contribution in [2.45, 2.75) is 6.04 Å². The van der Waals surface area contributed by atoms with Gasteiger partial charge in [-0.05, 0) is 12.1 Å². The summed E-state index contributed by atoms with van der Waals surface area (Å²) in [7, 11) is 3.27. The average Bonchev–Trinajstić information content (AvgIpc) is 2.85. The normalized spacial score (nSPS) is 15.1. The Balaban J connectivity index is 1.94. The second kappa shape index (κ2) is 4.89. The van der Waals surface area contributed by atoms with Gasteiger partial charge in [-0.15, -0.1) is 5.10 Å². The van der Waals surface area contributed by atoms with Crippen molar-refractivity contribution in [2.24, 2.45) is 0 Å². The zero-order valence-electron chi connectivity index (χ0n) is 11.0. The molecule has 100 valence electrons. The van der Waals surface area contributed by atoms with Gasteiger partial charge >= 0.3 is 0 Å². The SMILES string of the molecule is COc1ccc(-c2cn(C3CNC3)nn2)c(OC)c1. The molecule has 1 fully saturated rings. The second-order valence-electron chi connectivity index (χ2n) is 4.46. The van der Waals surface area contributed by atoms with E-state index in [-0.39, 0.29) is 0 Å². The first-order chi connectivity index (χ1) is 9.31. The second-order valence-corrected chi connectivity index (χ2v) is 4.46. The summed E-state index contributed by atoms with van der Waals surface area (Å²) in [5, 5.41) is 11.6. The molecule has 1 aliphatic heterocycles. The van der Waals surface area contributed by atoms with Gasteiger partial charge in [-0.25, -0.2) is 4.68 Å². The van der Waals surface area contributed by atoms with Gasteiger partial charge in [0.1, 0.15) is 17.2 Å². The van der Waals surface area contributed by atoms with E-state index in [4.69, 9.17) is 9.47 Å². The summed E-state index contributed by atoms with van der Waals surface area (Å²) >= 11 is 0. The summed E-state index contributed by atoms with van der Waals surface area (Å²) in [6.45, 7) is 1.89. The first-order valence-electron chi connectivity index (χ1n) is 6.17. The van der Waals surface area contributed by atoms with Gasteiger partial charge in [0.15, 0.2) is 0 Å². The van der Waals surface area contributed by atoms with Crippen molar-refractivity contribution in [3.63, 3.8) is 0 Å². The number of aromatic nitrogens is 3. The van der Waals surface area contributed by atoms with Crippen LogP contribution >= 0.6 is 0 Å². The van der Waals surface area contributed by atoms with Crippen LogP contribution in [0.5, 0.6) is 11.5 Å². The van der Waals surface area contributed by atoms with Gasteiger partial charge in [0.05, 0.1) is 26.5 Å². The monoisotopic (exact) mass is 260 g/mol. The van der Waals surface area contributed by atoms with Crippen molar-refractivity contribution < 1.29 is 9.47 Å². The fraction of sp³-hybridized carbons (Fsp3) is 0.385. The molecule has 0 bridgehead atoms. The van der Waals surface area contributed by atoms with E-state index in [0.29, 0.717) is 6.04 Å². The largest absolute Gasteiger partial charge is 0.497 e. The molecule has 19 heavy (non-hydrogen) atoms. The number of methoxy groups -OCH3 is 2. The Labute approximate surface area is 111 Å². The summed E-state index contributed by atoms with van der Waals surface area (Å²) < 4.78 is 12.5. The summed E-state index contributed by atoms with van der Waals surface area (Å²) in [6.07, 6.45) is 1.95. The van der Waals surface area contributed by atoms with Crippen LogP contribution < -0.4 is 14.8 Å². The third-order valence-electron chi connectivity index (χ3n) is 3.33. The molecule has 6 heteroatoms. The number of nitrogens with zero attached hydrogens (tertiary/aromatic N) is 3.